The molecule has 2 aromatic heterocycles. The van der Waals surface area contributed by atoms with E-state index in [4.69, 9.17) is 4.74 Å². The molecule has 0 saturated heterocycles. The average Bonchev–Trinajstić information content (AvgIpc) is 3.12. The van der Waals surface area contributed by atoms with Crippen LogP contribution in [0.3, 0.4) is 0 Å². The molecule has 0 fully saturated rings. The van der Waals surface area contributed by atoms with Crippen LogP contribution < -0.4 is 5.32 Å². The Morgan fingerprint density at radius 2 is 2.21 bits per heavy atom. The molecule has 0 unspecified atom stereocenters. The lowest BCUT2D eigenvalue weighted by molar-refractivity contribution is -0.385. The summed E-state index contributed by atoms with van der Waals surface area (Å²) >= 11 is 0. The second-order valence-corrected chi connectivity index (χ2v) is 5.04. The number of aromatic amines is 1. The third-order valence-electron chi connectivity index (χ3n) is 2.91. The Balaban J connectivity index is 2.30. The Kier molecular flexibility index (Phi) is 4.92. The SMILES string of the molecule is CCn1cc(NC(=O)c2[nH]ncc2[N+](=O)[O-])c(C(=O)OC(C)C)n1. The van der Waals surface area contributed by atoms with Gasteiger partial charge in [-0.2, -0.15) is 10.2 Å². The zero-order valence-corrected chi connectivity index (χ0v) is 13.3. The lowest BCUT2D eigenvalue weighted by atomic mass is 10.3. The molecule has 2 rings (SSSR count). The molecule has 0 radical (unpaired) electrons. The van der Waals surface area contributed by atoms with Crippen LogP contribution in [0.5, 0.6) is 0 Å². The number of nitrogens with zero attached hydrogens (tertiary/aromatic N) is 4. The summed E-state index contributed by atoms with van der Waals surface area (Å²) in [5.41, 5.74) is -0.786. The van der Waals surface area contributed by atoms with Crippen LogP contribution in [0.4, 0.5) is 11.4 Å². The van der Waals surface area contributed by atoms with Gasteiger partial charge in [-0.15, -0.1) is 0 Å². The maximum Gasteiger partial charge on any atom is 0.361 e. The summed E-state index contributed by atoms with van der Waals surface area (Å²) < 4.78 is 6.51. The lowest BCUT2D eigenvalue weighted by Gasteiger charge is -2.07. The van der Waals surface area contributed by atoms with Crippen LogP contribution >= 0.6 is 0 Å². The second kappa shape index (κ2) is 6.89. The minimum atomic E-state index is -0.812. The Bertz CT molecular complexity index is 778. The highest BCUT2D eigenvalue weighted by atomic mass is 16.6. The number of rotatable bonds is 6. The zero-order valence-electron chi connectivity index (χ0n) is 13.3. The first-order valence-electron chi connectivity index (χ1n) is 7.11. The molecule has 11 nitrogen and oxygen atoms in total. The van der Waals surface area contributed by atoms with Crippen molar-refractivity contribution in [3.8, 4) is 0 Å². The van der Waals surface area contributed by atoms with Gasteiger partial charge in [0.15, 0.2) is 5.69 Å². The molecule has 0 saturated carbocycles. The van der Waals surface area contributed by atoms with Gasteiger partial charge in [-0.05, 0) is 20.8 Å². The van der Waals surface area contributed by atoms with E-state index in [1.165, 1.54) is 10.9 Å². The highest BCUT2D eigenvalue weighted by Gasteiger charge is 2.26. The quantitative estimate of drug-likeness (QED) is 0.460. The minimum Gasteiger partial charge on any atom is -0.458 e. The van der Waals surface area contributed by atoms with Gasteiger partial charge in [0.1, 0.15) is 6.20 Å². The van der Waals surface area contributed by atoms with E-state index in [2.05, 4.69) is 20.6 Å². The van der Waals surface area contributed by atoms with Gasteiger partial charge < -0.3 is 10.1 Å². The molecule has 128 valence electrons. The third kappa shape index (κ3) is 3.56. The van der Waals surface area contributed by atoms with E-state index in [-0.39, 0.29) is 23.2 Å². The standard InChI is InChI=1S/C13H16N6O5/c1-4-18-6-8(10(17-18)13(21)24-7(2)3)15-12(20)11-9(19(22)23)5-14-16-11/h5-7H,4H2,1-3H3,(H,14,16)(H,15,20). The van der Waals surface area contributed by atoms with Crippen LogP contribution in [-0.4, -0.2) is 42.9 Å². The number of esters is 1. The molecule has 1 amide bonds. The summed E-state index contributed by atoms with van der Waals surface area (Å²) in [7, 11) is 0. The van der Waals surface area contributed by atoms with Crippen molar-refractivity contribution >= 4 is 23.3 Å². The van der Waals surface area contributed by atoms with Gasteiger partial charge in [0, 0.05) is 12.7 Å². The summed E-state index contributed by atoms with van der Waals surface area (Å²) in [6.07, 6.45) is 2.01. The fourth-order valence-electron chi connectivity index (χ4n) is 1.87. The predicted octanol–water partition coefficient (Wildman–Crippen LogP) is 1.35. The van der Waals surface area contributed by atoms with E-state index in [1.807, 2.05) is 0 Å². The highest BCUT2D eigenvalue weighted by Crippen LogP contribution is 2.20. The lowest BCUT2D eigenvalue weighted by Crippen LogP contribution is -2.18. The molecule has 0 aliphatic rings. The largest absolute Gasteiger partial charge is 0.458 e. The van der Waals surface area contributed by atoms with E-state index in [0.717, 1.165) is 6.20 Å². The molecule has 24 heavy (non-hydrogen) atoms. The molecule has 2 heterocycles. The smallest absolute Gasteiger partial charge is 0.361 e. The monoisotopic (exact) mass is 336 g/mol. The van der Waals surface area contributed by atoms with Crippen LogP contribution in [0, 0.1) is 10.1 Å². The van der Waals surface area contributed by atoms with E-state index in [9.17, 15) is 19.7 Å². The molecule has 0 aromatic carbocycles. The first-order valence-corrected chi connectivity index (χ1v) is 7.11. The number of aromatic nitrogens is 4. The fraction of sp³-hybridized carbons (Fsp3) is 0.385. The van der Waals surface area contributed by atoms with Crippen LogP contribution in [0.1, 0.15) is 41.7 Å². The fourth-order valence-corrected chi connectivity index (χ4v) is 1.87. The highest BCUT2D eigenvalue weighted by molar-refractivity contribution is 6.08. The number of carbonyl (C=O) groups is 2. The average molecular weight is 336 g/mol. The molecular weight excluding hydrogens is 320 g/mol. The van der Waals surface area contributed by atoms with E-state index >= 15 is 0 Å². The Hall–Kier alpha value is -3.24. The molecule has 0 spiro atoms. The number of ether oxygens (including phenoxy) is 1. The molecule has 11 heteroatoms. The van der Waals surface area contributed by atoms with Crippen LogP contribution in [-0.2, 0) is 11.3 Å². The third-order valence-corrected chi connectivity index (χ3v) is 2.91. The second-order valence-electron chi connectivity index (χ2n) is 5.04. The van der Waals surface area contributed by atoms with E-state index in [0.29, 0.717) is 6.54 Å². The van der Waals surface area contributed by atoms with Gasteiger partial charge in [0.25, 0.3) is 5.91 Å². The van der Waals surface area contributed by atoms with E-state index in [1.54, 1.807) is 20.8 Å². The molecule has 0 atom stereocenters. The summed E-state index contributed by atoms with van der Waals surface area (Å²) in [5, 5.41) is 23.1. The summed E-state index contributed by atoms with van der Waals surface area (Å²) in [4.78, 5) is 34.4. The summed E-state index contributed by atoms with van der Waals surface area (Å²) in [5.74, 6) is -1.51. The number of nitrogens with one attached hydrogen (secondary N) is 2. The van der Waals surface area contributed by atoms with Crippen molar-refractivity contribution in [1.82, 2.24) is 20.0 Å². The topological polar surface area (TPSA) is 145 Å². The molecular formula is C13H16N6O5. The molecule has 0 aliphatic heterocycles. The maximum atomic E-state index is 12.2. The number of hydrogen-bond acceptors (Lipinski definition) is 7. The minimum absolute atomic E-state index is 0.0823. The summed E-state index contributed by atoms with van der Waals surface area (Å²) in [6.45, 7) is 5.62. The Labute approximate surface area is 136 Å². The predicted molar refractivity (Wildman–Crippen MR) is 81.6 cm³/mol. The van der Waals surface area contributed by atoms with Crippen molar-refractivity contribution in [3.63, 3.8) is 0 Å². The van der Waals surface area contributed by atoms with Crippen LogP contribution in [0.2, 0.25) is 0 Å². The zero-order chi connectivity index (χ0) is 17.9. The number of nitro groups is 1. The van der Waals surface area contributed by atoms with Crippen molar-refractivity contribution in [1.29, 1.82) is 0 Å². The van der Waals surface area contributed by atoms with Gasteiger partial charge in [-0.1, -0.05) is 0 Å². The first-order chi connectivity index (χ1) is 11.3. The van der Waals surface area contributed by atoms with Gasteiger partial charge in [-0.3, -0.25) is 24.7 Å². The Morgan fingerprint density at radius 3 is 2.79 bits per heavy atom. The van der Waals surface area contributed by atoms with Crippen molar-refractivity contribution in [2.75, 3.05) is 5.32 Å². The van der Waals surface area contributed by atoms with E-state index < -0.39 is 22.5 Å². The molecule has 2 N–H and O–H groups in total. The molecule has 0 bridgehead atoms. The van der Waals surface area contributed by atoms with Crippen molar-refractivity contribution in [2.24, 2.45) is 0 Å². The number of aryl methyl sites for hydroxylation is 1. The van der Waals surface area contributed by atoms with Crippen molar-refractivity contribution in [3.05, 3.63) is 33.9 Å². The first kappa shape index (κ1) is 17.1. The van der Waals surface area contributed by atoms with Gasteiger partial charge in [0.05, 0.1) is 16.7 Å². The normalized spacial score (nSPS) is 10.7. The van der Waals surface area contributed by atoms with Gasteiger partial charge in [0.2, 0.25) is 5.69 Å². The molecule has 0 aliphatic carbocycles. The van der Waals surface area contributed by atoms with Gasteiger partial charge >= 0.3 is 11.7 Å². The van der Waals surface area contributed by atoms with Gasteiger partial charge in [-0.25, -0.2) is 4.79 Å². The number of hydrogen-bond donors (Lipinski definition) is 2. The maximum absolute atomic E-state index is 12.2. The Morgan fingerprint density at radius 1 is 1.50 bits per heavy atom. The van der Waals surface area contributed by atoms with Crippen LogP contribution in [0.25, 0.3) is 0 Å². The number of H-pyrrole nitrogens is 1. The van der Waals surface area contributed by atoms with Crippen molar-refractivity contribution < 1.29 is 19.2 Å². The van der Waals surface area contributed by atoms with Crippen LogP contribution in [0.15, 0.2) is 12.4 Å². The summed E-state index contributed by atoms with van der Waals surface area (Å²) in [6, 6.07) is 0. The molecule has 2 aromatic rings. The number of carbonyl (C=O) groups excluding carboxylic acids is 2. The number of amides is 1. The number of anilines is 1. The van der Waals surface area contributed by atoms with Crippen molar-refractivity contribution in [2.45, 2.75) is 33.4 Å².